The van der Waals surface area contributed by atoms with Crippen molar-refractivity contribution < 1.29 is 9.59 Å². The maximum Gasteiger partial charge on any atom is 0.271 e. The van der Waals surface area contributed by atoms with Gasteiger partial charge in [-0.15, -0.1) is 0 Å². The van der Waals surface area contributed by atoms with Crippen molar-refractivity contribution >= 4 is 46.5 Å². The molecule has 0 radical (unpaired) electrons. The number of amides is 2. The van der Waals surface area contributed by atoms with Gasteiger partial charge in [-0.2, -0.15) is 5.10 Å². The van der Waals surface area contributed by atoms with Crippen LogP contribution in [-0.4, -0.2) is 22.5 Å². The maximum absolute atomic E-state index is 11.9. The molecule has 1 aromatic heterocycles. The highest BCUT2D eigenvalue weighted by Crippen LogP contribution is 2.11. The van der Waals surface area contributed by atoms with E-state index in [-0.39, 0.29) is 12.3 Å². The molecule has 124 valence electrons. The molecule has 0 saturated carbocycles. The number of anilines is 1. The standard InChI is InChI=1S/C16H14Cl2N4O2/c1-10(7-15(23)20-14-6-5-13(18)9-19-14)21-22-16(24)11-3-2-4-12(17)8-11/h2-6,8-9H,7H2,1H3,(H,22,24)(H,19,20,23)/b21-10+. The SMILES string of the molecule is C/C(CC(=O)Nc1ccc(Cl)cn1)=N\NC(=O)c1cccc(Cl)c1. The van der Waals surface area contributed by atoms with Gasteiger partial charge in [0.25, 0.3) is 5.91 Å². The van der Waals surface area contributed by atoms with E-state index in [1.54, 1.807) is 37.3 Å². The summed E-state index contributed by atoms with van der Waals surface area (Å²) in [6, 6.07) is 9.69. The number of hydrogen-bond acceptors (Lipinski definition) is 4. The molecular formula is C16H14Cl2N4O2. The molecule has 0 bridgehead atoms. The fraction of sp³-hybridized carbons (Fsp3) is 0.125. The molecule has 0 unspecified atom stereocenters. The van der Waals surface area contributed by atoms with Crippen LogP contribution in [0.3, 0.4) is 0 Å². The maximum atomic E-state index is 11.9. The van der Waals surface area contributed by atoms with Gasteiger partial charge in [-0.3, -0.25) is 9.59 Å². The summed E-state index contributed by atoms with van der Waals surface area (Å²) in [6.45, 7) is 1.63. The van der Waals surface area contributed by atoms with Gasteiger partial charge in [0.05, 0.1) is 11.4 Å². The van der Waals surface area contributed by atoms with E-state index in [9.17, 15) is 9.59 Å². The summed E-state index contributed by atoms with van der Waals surface area (Å²) >= 11 is 11.5. The second kappa shape index (κ2) is 8.42. The predicted molar refractivity (Wildman–Crippen MR) is 94.5 cm³/mol. The van der Waals surface area contributed by atoms with Gasteiger partial charge >= 0.3 is 0 Å². The molecule has 2 aromatic rings. The number of hydrazone groups is 1. The Bertz CT molecular complexity index is 776. The third-order valence-corrected chi connectivity index (χ3v) is 3.31. The van der Waals surface area contributed by atoms with E-state index in [1.165, 1.54) is 12.3 Å². The summed E-state index contributed by atoms with van der Waals surface area (Å²) in [4.78, 5) is 27.7. The Morgan fingerprint density at radius 2 is 1.96 bits per heavy atom. The number of benzene rings is 1. The molecule has 0 aliphatic carbocycles. The lowest BCUT2D eigenvalue weighted by atomic mass is 10.2. The first-order valence-electron chi connectivity index (χ1n) is 6.94. The smallest absolute Gasteiger partial charge is 0.271 e. The Morgan fingerprint density at radius 1 is 1.17 bits per heavy atom. The molecule has 0 fully saturated rings. The minimum atomic E-state index is -0.406. The summed E-state index contributed by atoms with van der Waals surface area (Å²) in [5.74, 6) is -0.320. The first-order chi connectivity index (χ1) is 11.4. The number of aromatic nitrogens is 1. The van der Waals surface area contributed by atoms with Gasteiger partial charge in [0.2, 0.25) is 5.91 Å². The van der Waals surface area contributed by atoms with Crippen LogP contribution in [0, 0.1) is 0 Å². The minimum absolute atomic E-state index is 0.0140. The predicted octanol–water partition coefficient (Wildman–Crippen LogP) is 3.52. The molecule has 0 saturated heterocycles. The van der Waals surface area contributed by atoms with E-state index in [0.29, 0.717) is 27.1 Å². The zero-order valence-corrected chi connectivity index (χ0v) is 14.2. The normalized spacial score (nSPS) is 11.0. The molecule has 2 amide bonds. The van der Waals surface area contributed by atoms with Crippen LogP contribution in [0.2, 0.25) is 10.0 Å². The molecule has 24 heavy (non-hydrogen) atoms. The highest BCUT2D eigenvalue weighted by Gasteiger charge is 2.08. The van der Waals surface area contributed by atoms with Gasteiger partial charge in [-0.1, -0.05) is 29.3 Å². The Kier molecular flexibility index (Phi) is 6.28. The van der Waals surface area contributed by atoms with Crippen LogP contribution in [0.25, 0.3) is 0 Å². The lowest BCUT2D eigenvalue weighted by molar-refractivity contribution is -0.115. The van der Waals surface area contributed by atoms with Crippen molar-refractivity contribution in [2.24, 2.45) is 5.10 Å². The minimum Gasteiger partial charge on any atom is -0.310 e. The molecule has 0 aliphatic heterocycles. The highest BCUT2D eigenvalue weighted by atomic mass is 35.5. The van der Waals surface area contributed by atoms with Crippen molar-refractivity contribution in [3.05, 3.63) is 58.2 Å². The van der Waals surface area contributed by atoms with E-state index in [1.807, 2.05) is 0 Å². The van der Waals surface area contributed by atoms with Crippen LogP contribution < -0.4 is 10.7 Å². The van der Waals surface area contributed by atoms with Crippen molar-refractivity contribution in [3.63, 3.8) is 0 Å². The fourth-order valence-corrected chi connectivity index (χ4v) is 2.05. The van der Waals surface area contributed by atoms with Crippen molar-refractivity contribution in [2.75, 3.05) is 5.32 Å². The fourth-order valence-electron chi connectivity index (χ4n) is 1.75. The van der Waals surface area contributed by atoms with Crippen LogP contribution in [-0.2, 0) is 4.79 Å². The summed E-state index contributed by atoms with van der Waals surface area (Å²) in [5, 5.41) is 7.44. The number of halogens is 2. The molecule has 1 heterocycles. The lowest BCUT2D eigenvalue weighted by Gasteiger charge is -2.05. The van der Waals surface area contributed by atoms with Crippen molar-refractivity contribution in [2.45, 2.75) is 13.3 Å². The third kappa shape index (κ3) is 5.64. The quantitative estimate of drug-likeness (QED) is 0.628. The molecular weight excluding hydrogens is 351 g/mol. The van der Waals surface area contributed by atoms with Gasteiger partial charge < -0.3 is 5.32 Å². The van der Waals surface area contributed by atoms with E-state index in [2.05, 4.69) is 20.8 Å². The molecule has 2 N–H and O–H groups in total. The monoisotopic (exact) mass is 364 g/mol. The number of pyridine rings is 1. The van der Waals surface area contributed by atoms with E-state index < -0.39 is 5.91 Å². The first-order valence-corrected chi connectivity index (χ1v) is 7.70. The molecule has 2 rings (SSSR count). The zero-order chi connectivity index (χ0) is 17.5. The van der Waals surface area contributed by atoms with Crippen LogP contribution in [0.4, 0.5) is 5.82 Å². The topological polar surface area (TPSA) is 83.4 Å². The Hall–Kier alpha value is -2.44. The Labute approximate surface area is 148 Å². The van der Waals surface area contributed by atoms with Crippen LogP contribution >= 0.6 is 23.2 Å². The third-order valence-electron chi connectivity index (χ3n) is 2.85. The van der Waals surface area contributed by atoms with Crippen molar-refractivity contribution in [1.29, 1.82) is 0 Å². The number of rotatable bonds is 5. The van der Waals surface area contributed by atoms with E-state index in [4.69, 9.17) is 23.2 Å². The molecule has 1 aromatic carbocycles. The van der Waals surface area contributed by atoms with Crippen molar-refractivity contribution in [1.82, 2.24) is 10.4 Å². The van der Waals surface area contributed by atoms with Crippen LogP contribution in [0.15, 0.2) is 47.7 Å². The lowest BCUT2D eigenvalue weighted by Crippen LogP contribution is -2.21. The molecule has 8 heteroatoms. The first kappa shape index (κ1) is 17.9. The largest absolute Gasteiger partial charge is 0.310 e. The molecule has 0 atom stereocenters. The van der Waals surface area contributed by atoms with E-state index >= 15 is 0 Å². The Morgan fingerprint density at radius 3 is 2.62 bits per heavy atom. The van der Waals surface area contributed by atoms with Gasteiger partial charge in [0, 0.05) is 22.5 Å². The van der Waals surface area contributed by atoms with Crippen LogP contribution in [0.5, 0.6) is 0 Å². The van der Waals surface area contributed by atoms with Gasteiger partial charge in [-0.05, 0) is 37.3 Å². The summed E-state index contributed by atoms with van der Waals surface area (Å²) in [7, 11) is 0. The molecule has 0 spiro atoms. The average Bonchev–Trinajstić information content (AvgIpc) is 2.54. The number of carbonyl (C=O) groups is 2. The molecule has 0 aliphatic rings. The van der Waals surface area contributed by atoms with Gasteiger partial charge in [-0.25, -0.2) is 10.4 Å². The van der Waals surface area contributed by atoms with Gasteiger partial charge in [0.15, 0.2) is 0 Å². The van der Waals surface area contributed by atoms with E-state index in [0.717, 1.165) is 0 Å². The van der Waals surface area contributed by atoms with Gasteiger partial charge in [0.1, 0.15) is 5.82 Å². The highest BCUT2D eigenvalue weighted by molar-refractivity contribution is 6.31. The Balaban J connectivity index is 1.87. The average molecular weight is 365 g/mol. The second-order valence-electron chi connectivity index (χ2n) is 4.88. The zero-order valence-electron chi connectivity index (χ0n) is 12.7. The number of nitrogens with one attached hydrogen (secondary N) is 2. The second-order valence-corrected chi connectivity index (χ2v) is 5.76. The molecule has 6 nitrogen and oxygen atoms in total. The number of hydrogen-bond donors (Lipinski definition) is 2. The summed E-state index contributed by atoms with van der Waals surface area (Å²) < 4.78 is 0. The van der Waals surface area contributed by atoms with Crippen LogP contribution in [0.1, 0.15) is 23.7 Å². The van der Waals surface area contributed by atoms with Crippen molar-refractivity contribution in [3.8, 4) is 0 Å². The summed E-state index contributed by atoms with van der Waals surface area (Å²) in [6.07, 6.45) is 1.45. The summed E-state index contributed by atoms with van der Waals surface area (Å²) in [5.41, 5.74) is 3.20. The number of nitrogens with zero attached hydrogens (tertiary/aromatic N) is 2. The number of carbonyl (C=O) groups excluding carboxylic acids is 2.